The van der Waals surface area contributed by atoms with Crippen LogP contribution in [0, 0.1) is 0 Å². The lowest BCUT2D eigenvalue weighted by Gasteiger charge is -2.19. The van der Waals surface area contributed by atoms with E-state index in [4.69, 9.17) is 11.6 Å². The summed E-state index contributed by atoms with van der Waals surface area (Å²) >= 11 is 9.27. The van der Waals surface area contributed by atoms with Crippen molar-refractivity contribution >= 4 is 46.6 Å². The first-order chi connectivity index (χ1) is 14.1. The molecule has 0 unspecified atom stereocenters. The van der Waals surface area contributed by atoms with Gasteiger partial charge in [0.25, 0.3) is 0 Å². The first kappa shape index (κ1) is 20.3. The van der Waals surface area contributed by atoms with Crippen molar-refractivity contribution in [3.8, 4) is 5.69 Å². The van der Waals surface area contributed by atoms with Crippen molar-refractivity contribution in [2.75, 3.05) is 30.8 Å². The fraction of sp³-hybridized carbons (Fsp3) is 0.350. The highest BCUT2D eigenvalue weighted by Crippen LogP contribution is 2.29. The molecule has 1 aliphatic heterocycles. The van der Waals surface area contributed by atoms with Gasteiger partial charge in [0, 0.05) is 31.7 Å². The van der Waals surface area contributed by atoms with E-state index >= 15 is 0 Å². The zero-order valence-corrected chi connectivity index (χ0v) is 18.5. The molecule has 1 saturated heterocycles. The fourth-order valence-electron chi connectivity index (χ4n) is 3.30. The number of thioether (sulfide) groups is 1. The van der Waals surface area contributed by atoms with Crippen molar-refractivity contribution in [3.63, 3.8) is 0 Å². The Kier molecular flexibility index (Phi) is 6.42. The number of thiophene rings is 1. The summed E-state index contributed by atoms with van der Waals surface area (Å²) in [5.74, 6) is 1.18. The number of rotatable bonds is 7. The zero-order valence-electron chi connectivity index (χ0n) is 16.1. The molecule has 29 heavy (non-hydrogen) atoms. The molecule has 4 rings (SSSR count). The van der Waals surface area contributed by atoms with Crippen LogP contribution in [0.5, 0.6) is 0 Å². The number of anilines is 1. The van der Waals surface area contributed by atoms with E-state index in [9.17, 15) is 4.79 Å². The lowest BCUT2D eigenvalue weighted by molar-refractivity contribution is -0.127. The van der Waals surface area contributed by atoms with Gasteiger partial charge in [0.05, 0.1) is 11.4 Å². The first-order valence-electron chi connectivity index (χ1n) is 9.46. The molecule has 152 valence electrons. The maximum absolute atomic E-state index is 12.6. The second kappa shape index (κ2) is 9.19. The maximum atomic E-state index is 12.6. The molecule has 3 heterocycles. The van der Waals surface area contributed by atoms with E-state index in [1.54, 1.807) is 16.2 Å². The van der Waals surface area contributed by atoms with Gasteiger partial charge in [0.15, 0.2) is 5.16 Å². The third-order valence-corrected chi connectivity index (χ3v) is 6.70. The van der Waals surface area contributed by atoms with E-state index in [0.29, 0.717) is 22.5 Å². The summed E-state index contributed by atoms with van der Waals surface area (Å²) in [6.45, 7) is 2.54. The van der Waals surface area contributed by atoms with Crippen molar-refractivity contribution in [1.82, 2.24) is 19.7 Å². The van der Waals surface area contributed by atoms with E-state index in [1.165, 1.54) is 11.8 Å². The van der Waals surface area contributed by atoms with Gasteiger partial charge >= 0.3 is 0 Å². The molecule has 6 nitrogen and oxygen atoms in total. The summed E-state index contributed by atoms with van der Waals surface area (Å²) in [5.41, 5.74) is 2.06. The van der Waals surface area contributed by atoms with Crippen molar-refractivity contribution in [3.05, 3.63) is 51.7 Å². The molecule has 0 atom stereocenters. The van der Waals surface area contributed by atoms with Gasteiger partial charge in [-0.3, -0.25) is 9.36 Å². The third kappa shape index (κ3) is 4.76. The summed E-state index contributed by atoms with van der Waals surface area (Å²) in [5, 5.41) is 14.3. The average molecular weight is 448 g/mol. The Morgan fingerprint density at radius 1 is 1.28 bits per heavy atom. The third-order valence-electron chi connectivity index (χ3n) is 4.82. The number of aromatic nitrogens is 3. The van der Waals surface area contributed by atoms with Gasteiger partial charge < -0.3 is 9.80 Å². The van der Waals surface area contributed by atoms with E-state index in [2.05, 4.69) is 20.5 Å². The molecule has 1 amide bonds. The number of benzene rings is 1. The monoisotopic (exact) mass is 447 g/mol. The highest BCUT2D eigenvalue weighted by atomic mass is 35.5. The molecule has 1 aromatic carbocycles. The van der Waals surface area contributed by atoms with Crippen molar-refractivity contribution in [2.24, 2.45) is 0 Å². The Labute approximate surface area is 183 Å². The molecule has 1 aliphatic rings. The predicted octanol–water partition coefficient (Wildman–Crippen LogP) is 4.33. The van der Waals surface area contributed by atoms with Crippen molar-refractivity contribution < 1.29 is 4.79 Å². The van der Waals surface area contributed by atoms with Crippen LogP contribution in [0.3, 0.4) is 0 Å². The normalized spacial score (nSPS) is 13.8. The van der Waals surface area contributed by atoms with Gasteiger partial charge in [-0.05, 0) is 53.4 Å². The van der Waals surface area contributed by atoms with Gasteiger partial charge in [-0.1, -0.05) is 29.4 Å². The van der Waals surface area contributed by atoms with Crippen molar-refractivity contribution in [1.29, 1.82) is 0 Å². The van der Waals surface area contributed by atoms with E-state index < -0.39 is 0 Å². The van der Waals surface area contributed by atoms with Gasteiger partial charge in [-0.15, -0.1) is 10.2 Å². The summed E-state index contributed by atoms with van der Waals surface area (Å²) < 4.78 is 2.01. The summed E-state index contributed by atoms with van der Waals surface area (Å²) in [4.78, 5) is 16.6. The molecular formula is C20H22ClN5OS2. The SMILES string of the molecule is CN(Cc1ccsc1)C(=O)CSc1nnc(N2CCCC2)n1-c1cccc(Cl)c1. The average Bonchev–Trinajstić information content (AvgIpc) is 3.46. The standard InChI is InChI=1S/C20H22ClN5OS2/c1-24(12-15-7-10-28-13-15)18(27)14-29-20-23-22-19(25-8-2-3-9-25)26(20)17-6-4-5-16(21)11-17/h4-7,10-11,13H,2-3,8-9,12,14H2,1H3. The van der Waals surface area contributed by atoms with Crippen LogP contribution in [-0.2, 0) is 11.3 Å². The van der Waals surface area contributed by atoms with E-state index in [-0.39, 0.29) is 5.91 Å². The Morgan fingerprint density at radius 3 is 2.83 bits per heavy atom. The summed E-state index contributed by atoms with van der Waals surface area (Å²) in [6.07, 6.45) is 2.30. The lowest BCUT2D eigenvalue weighted by atomic mass is 10.3. The predicted molar refractivity (Wildman–Crippen MR) is 119 cm³/mol. The molecule has 0 N–H and O–H groups in total. The number of carbonyl (C=O) groups excluding carboxylic acids is 1. The van der Waals surface area contributed by atoms with Crippen LogP contribution in [0.4, 0.5) is 5.95 Å². The molecule has 0 bridgehead atoms. The van der Waals surface area contributed by atoms with Crippen LogP contribution in [-0.4, -0.2) is 51.5 Å². The second-order valence-electron chi connectivity index (χ2n) is 6.96. The molecule has 0 radical (unpaired) electrons. The Morgan fingerprint density at radius 2 is 2.10 bits per heavy atom. The summed E-state index contributed by atoms with van der Waals surface area (Å²) in [6, 6.07) is 9.70. The minimum Gasteiger partial charge on any atom is -0.341 e. The van der Waals surface area contributed by atoms with Crippen molar-refractivity contribution in [2.45, 2.75) is 24.5 Å². The number of nitrogens with zero attached hydrogens (tertiary/aromatic N) is 5. The van der Waals surface area contributed by atoms with E-state index in [0.717, 1.165) is 43.1 Å². The number of halogens is 1. The molecule has 3 aromatic rings. The van der Waals surface area contributed by atoms with Crippen LogP contribution in [0.2, 0.25) is 5.02 Å². The van der Waals surface area contributed by atoms with Crippen LogP contribution in [0.15, 0.2) is 46.2 Å². The fourth-order valence-corrected chi connectivity index (χ4v) is 5.03. The van der Waals surface area contributed by atoms with Crippen LogP contribution in [0.1, 0.15) is 18.4 Å². The van der Waals surface area contributed by atoms with E-state index in [1.807, 2.05) is 47.3 Å². The quantitative estimate of drug-likeness (QED) is 0.504. The first-order valence-corrected chi connectivity index (χ1v) is 11.8. The Hall–Kier alpha value is -2.03. The topological polar surface area (TPSA) is 54.3 Å². The lowest BCUT2D eigenvalue weighted by Crippen LogP contribution is -2.27. The second-order valence-corrected chi connectivity index (χ2v) is 9.12. The number of hydrogen-bond acceptors (Lipinski definition) is 6. The molecule has 0 spiro atoms. The molecular weight excluding hydrogens is 426 g/mol. The minimum atomic E-state index is 0.0598. The minimum absolute atomic E-state index is 0.0598. The highest BCUT2D eigenvalue weighted by Gasteiger charge is 2.23. The largest absolute Gasteiger partial charge is 0.341 e. The molecule has 9 heteroatoms. The van der Waals surface area contributed by atoms with Gasteiger partial charge in [-0.2, -0.15) is 11.3 Å². The Balaban J connectivity index is 1.53. The molecule has 0 aliphatic carbocycles. The molecule has 0 saturated carbocycles. The van der Waals surface area contributed by atoms with Gasteiger partial charge in [-0.25, -0.2) is 0 Å². The van der Waals surface area contributed by atoms with Crippen LogP contribution in [0.25, 0.3) is 5.69 Å². The number of hydrogen-bond donors (Lipinski definition) is 0. The van der Waals surface area contributed by atoms with Gasteiger partial charge in [0.2, 0.25) is 11.9 Å². The number of amides is 1. The Bertz CT molecular complexity index is 969. The molecule has 2 aromatic heterocycles. The smallest absolute Gasteiger partial charge is 0.233 e. The van der Waals surface area contributed by atoms with Gasteiger partial charge in [0.1, 0.15) is 0 Å². The maximum Gasteiger partial charge on any atom is 0.233 e. The van der Waals surface area contributed by atoms with Crippen LogP contribution < -0.4 is 4.90 Å². The molecule has 1 fully saturated rings. The summed E-state index contributed by atoms with van der Waals surface area (Å²) in [7, 11) is 1.83. The zero-order chi connectivity index (χ0) is 20.2. The van der Waals surface area contributed by atoms with Crippen LogP contribution >= 0.6 is 34.7 Å². The highest BCUT2D eigenvalue weighted by molar-refractivity contribution is 7.99. The number of carbonyl (C=O) groups is 1.